The van der Waals surface area contributed by atoms with Crippen molar-refractivity contribution in [3.63, 3.8) is 0 Å². The zero-order chi connectivity index (χ0) is 23.1. The van der Waals surface area contributed by atoms with Gasteiger partial charge in [0.15, 0.2) is 0 Å². The van der Waals surface area contributed by atoms with E-state index >= 15 is 0 Å². The van der Waals surface area contributed by atoms with Crippen molar-refractivity contribution in [3.8, 4) is 0 Å². The van der Waals surface area contributed by atoms with Crippen molar-refractivity contribution in [1.29, 1.82) is 0 Å². The van der Waals surface area contributed by atoms with Gasteiger partial charge in [0.05, 0.1) is 18.0 Å². The average molecular weight is 457 g/mol. The molecular formula is C24H25FN2O4S. The van der Waals surface area contributed by atoms with Gasteiger partial charge in [0.1, 0.15) is 11.9 Å². The van der Waals surface area contributed by atoms with E-state index in [1.807, 2.05) is 37.3 Å². The number of sulfonamides is 1. The lowest BCUT2D eigenvalue weighted by Crippen LogP contribution is -2.50. The fourth-order valence-corrected chi connectivity index (χ4v) is 4.49. The molecule has 0 spiro atoms. The molecule has 0 aromatic heterocycles. The molecule has 3 aromatic rings. The smallest absolute Gasteiger partial charge is 0.325 e. The van der Waals surface area contributed by atoms with Gasteiger partial charge in [-0.1, -0.05) is 66.2 Å². The lowest BCUT2D eigenvalue weighted by molar-refractivity contribution is -0.143. The van der Waals surface area contributed by atoms with Gasteiger partial charge in [0.2, 0.25) is 10.0 Å². The predicted molar refractivity (Wildman–Crippen MR) is 120 cm³/mol. The third-order valence-electron chi connectivity index (χ3n) is 5.01. The number of carbonyl (C=O) groups excluding carboxylic acids is 1. The number of hydrogen-bond donors (Lipinski definition) is 2. The normalized spacial score (nSPS) is 13.3. The van der Waals surface area contributed by atoms with Crippen molar-refractivity contribution < 1.29 is 22.3 Å². The van der Waals surface area contributed by atoms with Gasteiger partial charge < -0.3 is 10.1 Å². The lowest BCUT2D eigenvalue weighted by Gasteiger charge is -2.28. The summed E-state index contributed by atoms with van der Waals surface area (Å²) >= 11 is 0. The Morgan fingerprint density at radius 1 is 0.969 bits per heavy atom. The molecule has 0 unspecified atom stereocenters. The SMILES string of the molecule is COC(=O)[C@@H](NS(=O)(=O)c1ccc(C)cc1)[C@@H](NCc1ccccc1)c1ccccc1F. The number of aryl methyl sites for hydroxylation is 1. The Labute approximate surface area is 187 Å². The minimum atomic E-state index is -4.09. The van der Waals surface area contributed by atoms with E-state index in [0.29, 0.717) is 0 Å². The predicted octanol–water partition coefficient (Wildman–Crippen LogP) is 3.49. The molecule has 0 bridgehead atoms. The van der Waals surface area contributed by atoms with Crippen LogP contribution in [0.15, 0.2) is 83.8 Å². The second kappa shape index (κ2) is 10.5. The average Bonchev–Trinajstić information content (AvgIpc) is 2.80. The van der Waals surface area contributed by atoms with Gasteiger partial charge in [-0.25, -0.2) is 12.8 Å². The molecule has 0 fully saturated rings. The van der Waals surface area contributed by atoms with E-state index in [1.54, 1.807) is 18.2 Å². The summed E-state index contributed by atoms with van der Waals surface area (Å²) < 4.78 is 48.1. The number of carbonyl (C=O) groups is 1. The highest BCUT2D eigenvalue weighted by atomic mass is 32.2. The molecule has 0 saturated carbocycles. The Kier molecular flexibility index (Phi) is 7.74. The highest BCUT2D eigenvalue weighted by Gasteiger charge is 2.35. The first-order valence-corrected chi connectivity index (χ1v) is 11.5. The van der Waals surface area contributed by atoms with Crippen LogP contribution in [0, 0.1) is 12.7 Å². The molecule has 2 atom stereocenters. The van der Waals surface area contributed by atoms with Gasteiger partial charge in [0.25, 0.3) is 0 Å². The first-order valence-electron chi connectivity index (χ1n) is 10.0. The summed E-state index contributed by atoms with van der Waals surface area (Å²) in [6, 6.07) is 19.0. The van der Waals surface area contributed by atoms with Crippen LogP contribution in [0.3, 0.4) is 0 Å². The van der Waals surface area contributed by atoms with Crippen LogP contribution in [0.1, 0.15) is 22.7 Å². The summed E-state index contributed by atoms with van der Waals surface area (Å²) in [4.78, 5) is 12.7. The minimum Gasteiger partial charge on any atom is -0.468 e. The molecular weight excluding hydrogens is 431 g/mol. The van der Waals surface area contributed by atoms with Crippen LogP contribution in [-0.4, -0.2) is 27.5 Å². The molecule has 8 heteroatoms. The highest BCUT2D eigenvalue weighted by Crippen LogP contribution is 2.24. The summed E-state index contributed by atoms with van der Waals surface area (Å²) in [5, 5.41) is 3.12. The van der Waals surface area contributed by atoms with Gasteiger partial charge in [0, 0.05) is 12.1 Å². The Morgan fingerprint density at radius 2 is 1.59 bits per heavy atom. The monoisotopic (exact) mass is 456 g/mol. The molecule has 0 saturated heterocycles. The van der Waals surface area contributed by atoms with Crippen molar-refractivity contribution >= 4 is 16.0 Å². The summed E-state index contributed by atoms with van der Waals surface area (Å²) in [5.74, 6) is -1.41. The van der Waals surface area contributed by atoms with Crippen LogP contribution in [0.25, 0.3) is 0 Å². The maximum absolute atomic E-state index is 14.7. The minimum absolute atomic E-state index is 0.00709. The van der Waals surface area contributed by atoms with Gasteiger partial charge in [-0.2, -0.15) is 4.72 Å². The number of methoxy groups -OCH3 is 1. The van der Waals surface area contributed by atoms with E-state index in [1.165, 1.54) is 30.3 Å². The molecule has 0 aliphatic heterocycles. The topological polar surface area (TPSA) is 84.5 Å². The standard InChI is InChI=1S/C24H25FN2O4S/c1-17-12-14-19(15-13-17)32(29,30)27-23(24(28)31-2)22(20-10-6-7-11-21(20)25)26-16-18-8-4-3-5-9-18/h3-15,22-23,26-27H,16H2,1-2H3/t22-,23-/m0/s1. The summed E-state index contributed by atoms with van der Waals surface area (Å²) in [7, 11) is -2.94. The molecule has 0 amide bonds. The number of ether oxygens (including phenoxy) is 1. The molecule has 168 valence electrons. The fraction of sp³-hybridized carbons (Fsp3) is 0.208. The van der Waals surface area contributed by atoms with Crippen LogP contribution in [0.5, 0.6) is 0 Å². The van der Waals surface area contributed by atoms with E-state index in [2.05, 4.69) is 10.0 Å². The van der Waals surface area contributed by atoms with Crippen molar-refractivity contribution in [2.24, 2.45) is 0 Å². The summed E-state index contributed by atoms with van der Waals surface area (Å²) in [6.07, 6.45) is 0. The van der Waals surface area contributed by atoms with E-state index in [0.717, 1.165) is 18.2 Å². The van der Waals surface area contributed by atoms with Crippen molar-refractivity contribution in [3.05, 3.63) is 101 Å². The van der Waals surface area contributed by atoms with E-state index in [9.17, 15) is 17.6 Å². The molecule has 0 radical (unpaired) electrons. The molecule has 6 nitrogen and oxygen atoms in total. The first kappa shape index (κ1) is 23.6. The van der Waals surface area contributed by atoms with Gasteiger partial charge in [-0.15, -0.1) is 0 Å². The van der Waals surface area contributed by atoms with E-state index in [-0.39, 0.29) is 17.0 Å². The zero-order valence-corrected chi connectivity index (χ0v) is 18.6. The molecule has 0 aliphatic carbocycles. The first-order chi connectivity index (χ1) is 15.3. The van der Waals surface area contributed by atoms with Crippen molar-refractivity contribution in [2.75, 3.05) is 7.11 Å². The van der Waals surface area contributed by atoms with Crippen LogP contribution >= 0.6 is 0 Å². The maximum atomic E-state index is 14.7. The second-order valence-corrected chi connectivity index (χ2v) is 9.01. The second-order valence-electron chi connectivity index (χ2n) is 7.30. The van der Waals surface area contributed by atoms with E-state index < -0.39 is 33.9 Å². The Morgan fingerprint density at radius 3 is 2.22 bits per heavy atom. The van der Waals surface area contributed by atoms with Crippen LogP contribution in [-0.2, 0) is 26.1 Å². The molecule has 0 heterocycles. The molecule has 3 aromatic carbocycles. The fourth-order valence-electron chi connectivity index (χ4n) is 3.29. The Bertz CT molecular complexity index is 1150. The lowest BCUT2D eigenvalue weighted by atomic mass is 9.98. The molecule has 3 rings (SSSR count). The van der Waals surface area contributed by atoms with Gasteiger partial charge in [-0.3, -0.25) is 4.79 Å². The van der Waals surface area contributed by atoms with Gasteiger partial charge in [-0.05, 0) is 30.7 Å². The van der Waals surface area contributed by atoms with Crippen LogP contribution < -0.4 is 10.0 Å². The third-order valence-corrected chi connectivity index (χ3v) is 6.47. The summed E-state index contributed by atoms with van der Waals surface area (Å²) in [5.41, 5.74) is 1.92. The van der Waals surface area contributed by atoms with E-state index in [4.69, 9.17) is 4.74 Å². The number of nitrogens with one attached hydrogen (secondary N) is 2. The number of hydrogen-bond acceptors (Lipinski definition) is 5. The number of halogens is 1. The number of rotatable bonds is 9. The Hall–Kier alpha value is -3.07. The molecule has 2 N–H and O–H groups in total. The largest absolute Gasteiger partial charge is 0.468 e. The maximum Gasteiger partial charge on any atom is 0.325 e. The third kappa shape index (κ3) is 5.79. The highest BCUT2D eigenvalue weighted by molar-refractivity contribution is 7.89. The molecule has 32 heavy (non-hydrogen) atoms. The van der Waals surface area contributed by atoms with Crippen molar-refractivity contribution in [2.45, 2.75) is 30.4 Å². The summed E-state index contributed by atoms with van der Waals surface area (Å²) in [6.45, 7) is 2.11. The van der Waals surface area contributed by atoms with Crippen LogP contribution in [0.2, 0.25) is 0 Å². The number of esters is 1. The zero-order valence-electron chi connectivity index (χ0n) is 17.8. The number of benzene rings is 3. The van der Waals surface area contributed by atoms with Crippen LogP contribution in [0.4, 0.5) is 4.39 Å². The van der Waals surface area contributed by atoms with Crippen molar-refractivity contribution in [1.82, 2.24) is 10.0 Å². The Balaban J connectivity index is 1.99. The quantitative estimate of drug-likeness (QED) is 0.482. The molecule has 0 aliphatic rings. The van der Waals surface area contributed by atoms with Gasteiger partial charge >= 0.3 is 5.97 Å².